The Morgan fingerprint density at radius 1 is 1.00 bits per heavy atom. The van der Waals surface area contributed by atoms with Crippen molar-refractivity contribution < 1.29 is 0 Å². The third kappa shape index (κ3) is 1.69. The Bertz CT molecular complexity index is 1080. The fourth-order valence-electron chi connectivity index (χ4n) is 2.78. The minimum Gasteiger partial charge on any atom is -0.292 e. The van der Waals surface area contributed by atoms with Crippen LogP contribution in [0.1, 0.15) is 11.3 Å². The SMILES string of the molecule is Cc1ccc2c(n1)n(-c1ccccc1C)c(=O)c1nccn12. The van der Waals surface area contributed by atoms with Crippen LogP contribution in [0, 0.1) is 13.8 Å². The van der Waals surface area contributed by atoms with Crippen LogP contribution >= 0.6 is 0 Å². The number of hydrogen-bond acceptors (Lipinski definition) is 3. The molecule has 1 aromatic carbocycles. The zero-order valence-corrected chi connectivity index (χ0v) is 12.3. The van der Waals surface area contributed by atoms with E-state index in [-0.39, 0.29) is 5.56 Å². The highest BCUT2D eigenvalue weighted by atomic mass is 16.1. The number of aromatic nitrogens is 4. The molecule has 22 heavy (non-hydrogen) atoms. The van der Waals surface area contributed by atoms with Crippen molar-refractivity contribution in [3.05, 3.63) is 70.4 Å². The van der Waals surface area contributed by atoms with E-state index in [0.717, 1.165) is 22.5 Å². The molecule has 0 saturated heterocycles. The van der Waals surface area contributed by atoms with Gasteiger partial charge in [0.2, 0.25) is 5.65 Å². The maximum atomic E-state index is 12.9. The van der Waals surface area contributed by atoms with E-state index in [0.29, 0.717) is 11.3 Å². The van der Waals surface area contributed by atoms with Crippen LogP contribution in [0.5, 0.6) is 0 Å². The quantitative estimate of drug-likeness (QED) is 0.541. The molecule has 0 radical (unpaired) electrons. The summed E-state index contributed by atoms with van der Waals surface area (Å²) in [6, 6.07) is 11.7. The van der Waals surface area contributed by atoms with Crippen LogP contribution in [-0.2, 0) is 0 Å². The van der Waals surface area contributed by atoms with Crippen LogP contribution in [0.15, 0.2) is 53.6 Å². The second-order valence-corrected chi connectivity index (χ2v) is 5.34. The summed E-state index contributed by atoms with van der Waals surface area (Å²) in [6.07, 6.45) is 3.43. The normalized spacial score (nSPS) is 11.4. The molecular formula is C17H14N4O. The van der Waals surface area contributed by atoms with Crippen molar-refractivity contribution in [2.45, 2.75) is 13.8 Å². The fourth-order valence-corrected chi connectivity index (χ4v) is 2.78. The van der Waals surface area contributed by atoms with Gasteiger partial charge in [0.1, 0.15) is 0 Å². The minimum absolute atomic E-state index is 0.162. The molecule has 3 heterocycles. The number of para-hydroxylation sites is 1. The molecule has 5 heteroatoms. The van der Waals surface area contributed by atoms with Crippen molar-refractivity contribution >= 4 is 16.8 Å². The number of aryl methyl sites for hydroxylation is 2. The maximum absolute atomic E-state index is 12.9. The van der Waals surface area contributed by atoms with Gasteiger partial charge < -0.3 is 0 Å². The third-order valence-electron chi connectivity index (χ3n) is 3.86. The highest BCUT2D eigenvalue weighted by Crippen LogP contribution is 2.19. The number of fused-ring (bicyclic) bond motifs is 3. The van der Waals surface area contributed by atoms with Gasteiger partial charge in [-0.1, -0.05) is 18.2 Å². The van der Waals surface area contributed by atoms with E-state index in [4.69, 9.17) is 0 Å². The maximum Gasteiger partial charge on any atom is 0.300 e. The standard InChI is InChI=1S/C17H14N4O/c1-11-5-3-4-6-13(11)21-15-14(8-7-12(2)19-15)20-10-9-18-16(20)17(21)22/h3-10H,1-2H3. The van der Waals surface area contributed by atoms with E-state index in [9.17, 15) is 4.79 Å². The Kier molecular flexibility index (Phi) is 2.63. The highest BCUT2D eigenvalue weighted by molar-refractivity contribution is 5.76. The minimum atomic E-state index is -0.162. The summed E-state index contributed by atoms with van der Waals surface area (Å²) in [5.41, 5.74) is 4.47. The molecule has 0 aliphatic heterocycles. The van der Waals surface area contributed by atoms with Crippen LogP contribution in [0.2, 0.25) is 0 Å². The lowest BCUT2D eigenvalue weighted by atomic mass is 10.2. The van der Waals surface area contributed by atoms with Gasteiger partial charge in [0.05, 0.1) is 11.2 Å². The number of nitrogens with zero attached hydrogens (tertiary/aromatic N) is 4. The molecule has 0 fully saturated rings. The van der Waals surface area contributed by atoms with Crippen LogP contribution in [0.4, 0.5) is 0 Å². The van der Waals surface area contributed by atoms with Crippen molar-refractivity contribution in [2.75, 3.05) is 0 Å². The molecule has 0 amide bonds. The Morgan fingerprint density at radius 3 is 2.64 bits per heavy atom. The Hall–Kier alpha value is -2.95. The smallest absolute Gasteiger partial charge is 0.292 e. The van der Waals surface area contributed by atoms with Gasteiger partial charge >= 0.3 is 0 Å². The van der Waals surface area contributed by atoms with Gasteiger partial charge in [0.15, 0.2) is 5.65 Å². The third-order valence-corrected chi connectivity index (χ3v) is 3.86. The molecule has 0 aliphatic carbocycles. The second kappa shape index (κ2) is 4.53. The van der Waals surface area contributed by atoms with Gasteiger partial charge in [0, 0.05) is 18.1 Å². The summed E-state index contributed by atoms with van der Waals surface area (Å²) in [5, 5.41) is 0. The fraction of sp³-hybridized carbons (Fsp3) is 0.118. The number of hydrogen-bond donors (Lipinski definition) is 0. The number of pyridine rings is 1. The van der Waals surface area contributed by atoms with Gasteiger partial charge in [-0.15, -0.1) is 0 Å². The molecule has 0 unspecified atom stereocenters. The Morgan fingerprint density at radius 2 is 1.82 bits per heavy atom. The summed E-state index contributed by atoms with van der Waals surface area (Å²) in [6.45, 7) is 3.91. The molecule has 0 atom stereocenters. The van der Waals surface area contributed by atoms with E-state index in [2.05, 4.69) is 9.97 Å². The van der Waals surface area contributed by atoms with Gasteiger partial charge in [-0.3, -0.25) is 13.8 Å². The summed E-state index contributed by atoms with van der Waals surface area (Å²) < 4.78 is 3.44. The van der Waals surface area contributed by atoms with E-state index in [1.807, 2.05) is 50.2 Å². The van der Waals surface area contributed by atoms with Gasteiger partial charge in [-0.25, -0.2) is 9.97 Å². The summed E-state index contributed by atoms with van der Waals surface area (Å²) in [7, 11) is 0. The topological polar surface area (TPSA) is 52.2 Å². The highest BCUT2D eigenvalue weighted by Gasteiger charge is 2.15. The zero-order chi connectivity index (χ0) is 15.3. The molecule has 0 bridgehead atoms. The van der Waals surface area contributed by atoms with Crippen molar-refractivity contribution in [1.82, 2.24) is 18.9 Å². The molecule has 3 aromatic heterocycles. The van der Waals surface area contributed by atoms with Crippen LogP contribution in [0.25, 0.3) is 22.5 Å². The molecule has 0 saturated carbocycles. The van der Waals surface area contributed by atoms with Crippen LogP contribution in [-0.4, -0.2) is 18.9 Å². The average Bonchev–Trinajstić information content (AvgIpc) is 2.99. The molecule has 4 aromatic rings. The van der Waals surface area contributed by atoms with Gasteiger partial charge in [-0.2, -0.15) is 0 Å². The monoisotopic (exact) mass is 290 g/mol. The molecule has 4 rings (SSSR count). The van der Waals surface area contributed by atoms with Crippen molar-refractivity contribution in [1.29, 1.82) is 0 Å². The first-order valence-electron chi connectivity index (χ1n) is 7.08. The van der Waals surface area contributed by atoms with E-state index in [1.54, 1.807) is 21.4 Å². The molecule has 108 valence electrons. The lowest BCUT2D eigenvalue weighted by Gasteiger charge is -2.13. The summed E-state index contributed by atoms with van der Waals surface area (Å²) >= 11 is 0. The molecule has 0 spiro atoms. The first-order chi connectivity index (χ1) is 10.7. The number of rotatable bonds is 1. The number of imidazole rings is 1. The molecule has 0 N–H and O–H groups in total. The Balaban J connectivity index is 2.29. The molecule has 0 aliphatic rings. The first kappa shape index (κ1) is 12.8. The first-order valence-corrected chi connectivity index (χ1v) is 7.08. The van der Waals surface area contributed by atoms with Crippen molar-refractivity contribution in [3.8, 4) is 5.69 Å². The van der Waals surface area contributed by atoms with E-state index >= 15 is 0 Å². The summed E-state index contributed by atoms with van der Waals surface area (Å²) in [5.74, 6) is 0. The largest absolute Gasteiger partial charge is 0.300 e. The van der Waals surface area contributed by atoms with Crippen LogP contribution in [0.3, 0.4) is 0 Å². The predicted molar refractivity (Wildman–Crippen MR) is 85.6 cm³/mol. The second-order valence-electron chi connectivity index (χ2n) is 5.34. The molecule has 5 nitrogen and oxygen atoms in total. The van der Waals surface area contributed by atoms with Crippen molar-refractivity contribution in [3.63, 3.8) is 0 Å². The Labute approximate surface area is 126 Å². The van der Waals surface area contributed by atoms with Crippen LogP contribution < -0.4 is 5.56 Å². The van der Waals surface area contributed by atoms with Crippen molar-refractivity contribution in [2.24, 2.45) is 0 Å². The lowest BCUT2D eigenvalue weighted by molar-refractivity contribution is 0.970. The number of benzene rings is 1. The van der Waals surface area contributed by atoms with Gasteiger partial charge in [0.25, 0.3) is 5.56 Å². The lowest BCUT2D eigenvalue weighted by Crippen LogP contribution is -2.23. The zero-order valence-electron chi connectivity index (χ0n) is 12.3. The van der Waals surface area contributed by atoms with Gasteiger partial charge in [-0.05, 0) is 37.6 Å². The van der Waals surface area contributed by atoms with E-state index < -0.39 is 0 Å². The van der Waals surface area contributed by atoms with E-state index in [1.165, 1.54) is 0 Å². The predicted octanol–water partition coefficient (Wildman–Crippen LogP) is 2.65. The average molecular weight is 290 g/mol. The molecular weight excluding hydrogens is 276 g/mol. The summed E-state index contributed by atoms with van der Waals surface area (Å²) in [4.78, 5) is 21.7.